The smallest absolute Gasteiger partial charge is 0.147 e. The van der Waals surface area contributed by atoms with Gasteiger partial charge in [-0.15, -0.1) is 0 Å². The number of anilines is 2. The molecule has 6 heteroatoms. The van der Waals surface area contributed by atoms with Gasteiger partial charge in [-0.25, -0.2) is 0 Å². The Labute approximate surface area is 207 Å². The van der Waals surface area contributed by atoms with Crippen molar-refractivity contribution in [1.29, 1.82) is 0 Å². The fourth-order valence-corrected chi connectivity index (χ4v) is 5.66. The highest BCUT2D eigenvalue weighted by molar-refractivity contribution is 6.05. The van der Waals surface area contributed by atoms with Crippen molar-refractivity contribution in [2.75, 3.05) is 49.1 Å². The van der Waals surface area contributed by atoms with Gasteiger partial charge in [0, 0.05) is 54.7 Å². The maximum absolute atomic E-state index is 6.23. The molecule has 0 saturated carbocycles. The number of nitrogens with zero attached hydrogens (tertiary/aromatic N) is 5. The van der Waals surface area contributed by atoms with Crippen LogP contribution < -0.4 is 14.5 Å². The van der Waals surface area contributed by atoms with Gasteiger partial charge in [0.15, 0.2) is 0 Å². The molecule has 0 amide bonds. The maximum Gasteiger partial charge on any atom is 0.147 e. The largest absolute Gasteiger partial charge is 0.483 e. The Morgan fingerprint density at radius 3 is 2.74 bits per heavy atom. The van der Waals surface area contributed by atoms with Crippen molar-refractivity contribution in [3.63, 3.8) is 0 Å². The molecule has 6 rings (SSSR count). The third kappa shape index (κ3) is 4.06. The van der Waals surface area contributed by atoms with E-state index in [9.17, 15) is 0 Å². The van der Waals surface area contributed by atoms with Crippen molar-refractivity contribution in [2.45, 2.75) is 33.2 Å². The minimum atomic E-state index is 0.476. The van der Waals surface area contributed by atoms with Crippen LogP contribution in [-0.2, 0) is 6.42 Å². The van der Waals surface area contributed by atoms with Gasteiger partial charge in [-0.05, 0) is 69.2 Å². The highest BCUT2D eigenvalue weighted by Crippen LogP contribution is 2.39. The van der Waals surface area contributed by atoms with Crippen LogP contribution in [0.3, 0.4) is 0 Å². The lowest BCUT2D eigenvalue weighted by Gasteiger charge is -2.41. The molecule has 1 aromatic heterocycles. The van der Waals surface area contributed by atoms with Crippen LogP contribution in [0.2, 0.25) is 0 Å². The first-order valence-electron chi connectivity index (χ1n) is 12.7. The van der Waals surface area contributed by atoms with Crippen LogP contribution in [0.4, 0.5) is 11.4 Å². The fraction of sp³-hybridized carbons (Fsp3) is 0.379. The van der Waals surface area contributed by atoms with Crippen LogP contribution in [0.5, 0.6) is 5.75 Å². The molecular formula is C29H33N5O. The molecule has 6 nitrogen and oxygen atoms in total. The van der Waals surface area contributed by atoms with Gasteiger partial charge >= 0.3 is 0 Å². The fourth-order valence-electron chi connectivity index (χ4n) is 5.66. The van der Waals surface area contributed by atoms with Gasteiger partial charge in [0.1, 0.15) is 18.2 Å². The van der Waals surface area contributed by atoms with E-state index in [0.717, 1.165) is 67.6 Å². The molecule has 1 saturated heterocycles. The normalized spacial score (nSPS) is 20.1. The second kappa shape index (κ2) is 9.00. The zero-order valence-electron chi connectivity index (χ0n) is 20.9. The van der Waals surface area contributed by atoms with Crippen LogP contribution in [0.1, 0.15) is 25.1 Å². The molecule has 1 atom stereocenters. The molecule has 0 spiro atoms. The average molecular weight is 468 g/mol. The average Bonchev–Trinajstić information content (AvgIpc) is 2.87. The third-order valence-corrected chi connectivity index (χ3v) is 7.56. The number of para-hydroxylation sites is 1. The van der Waals surface area contributed by atoms with Crippen molar-refractivity contribution in [3.05, 3.63) is 71.6 Å². The predicted molar refractivity (Wildman–Crippen MR) is 144 cm³/mol. The summed E-state index contributed by atoms with van der Waals surface area (Å²) in [6, 6.07) is 17.8. The van der Waals surface area contributed by atoms with E-state index in [1.807, 2.05) is 0 Å². The number of hydrogen-bond donors (Lipinski definition) is 0. The van der Waals surface area contributed by atoms with E-state index in [-0.39, 0.29) is 0 Å². The Hall–Kier alpha value is -3.38. The summed E-state index contributed by atoms with van der Waals surface area (Å²) in [6.07, 6.45) is 3.16. The topological polar surface area (TPSA) is 44.2 Å². The summed E-state index contributed by atoms with van der Waals surface area (Å²) in [5, 5.41) is 1.25. The number of benzene rings is 2. The lowest BCUT2D eigenvalue weighted by Crippen LogP contribution is -2.52. The highest BCUT2D eigenvalue weighted by atomic mass is 16.5. The summed E-state index contributed by atoms with van der Waals surface area (Å²) in [7, 11) is 0. The highest BCUT2D eigenvalue weighted by Gasteiger charge is 2.29. The number of rotatable bonds is 4. The number of amidine groups is 1. The summed E-state index contributed by atoms with van der Waals surface area (Å²) in [6.45, 7) is 12.0. The lowest BCUT2D eigenvalue weighted by molar-refractivity contribution is 0.191. The lowest BCUT2D eigenvalue weighted by atomic mass is 10.0. The molecule has 0 aliphatic carbocycles. The van der Waals surface area contributed by atoms with E-state index >= 15 is 0 Å². The first-order chi connectivity index (χ1) is 17.1. The Bertz CT molecular complexity index is 1330. The number of piperazine rings is 1. The molecule has 0 unspecified atom stereocenters. The summed E-state index contributed by atoms with van der Waals surface area (Å²) < 4.78 is 6.23. The Morgan fingerprint density at radius 1 is 1.00 bits per heavy atom. The molecule has 2 aromatic carbocycles. The first-order valence-corrected chi connectivity index (χ1v) is 12.7. The quantitative estimate of drug-likeness (QED) is 0.551. The van der Waals surface area contributed by atoms with E-state index in [1.54, 1.807) is 0 Å². The number of aliphatic imine (C=N–C) groups is 1. The summed E-state index contributed by atoms with van der Waals surface area (Å²) in [4.78, 5) is 16.8. The summed E-state index contributed by atoms with van der Waals surface area (Å²) in [5.41, 5.74) is 7.09. The Balaban J connectivity index is 1.15. The molecule has 4 heterocycles. The van der Waals surface area contributed by atoms with Gasteiger partial charge in [-0.2, -0.15) is 0 Å². The van der Waals surface area contributed by atoms with Gasteiger partial charge in [-0.1, -0.05) is 18.2 Å². The summed E-state index contributed by atoms with van der Waals surface area (Å²) >= 11 is 0. The maximum atomic E-state index is 6.23. The van der Waals surface area contributed by atoms with Crippen LogP contribution in [0.25, 0.3) is 10.9 Å². The molecular weight excluding hydrogens is 434 g/mol. The van der Waals surface area contributed by atoms with Crippen molar-refractivity contribution in [2.24, 2.45) is 4.99 Å². The summed E-state index contributed by atoms with van der Waals surface area (Å²) in [5.74, 6) is 2.03. The standard InChI is InChI=1S/C29H33N5O/c1-20-10-11-24-25(31-20)7-5-8-26(24)33-17-16-32(22(3)18-33)15-13-23-6-4-9-27-29(23)35-19-28-30-14-12-21(2)34(27)28/h4-12,22H,13-19H2,1-3H3/t22-/m0/s1. The van der Waals surface area contributed by atoms with Crippen molar-refractivity contribution in [3.8, 4) is 5.75 Å². The number of pyridine rings is 1. The number of hydrogen-bond acceptors (Lipinski definition) is 6. The van der Waals surface area contributed by atoms with Crippen LogP contribution in [0.15, 0.2) is 65.3 Å². The number of aryl methyl sites for hydroxylation is 1. The number of ether oxygens (including phenoxy) is 1. The van der Waals surface area contributed by atoms with Gasteiger partial charge in [0.2, 0.25) is 0 Å². The van der Waals surface area contributed by atoms with Gasteiger partial charge in [0.05, 0.1) is 17.7 Å². The van der Waals surface area contributed by atoms with E-state index in [1.165, 1.54) is 22.3 Å². The molecule has 3 aliphatic heterocycles. The van der Waals surface area contributed by atoms with Crippen LogP contribution in [0, 0.1) is 6.92 Å². The van der Waals surface area contributed by atoms with Crippen LogP contribution >= 0.6 is 0 Å². The van der Waals surface area contributed by atoms with Gasteiger partial charge in [0.25, 0.3) is 0 Å². The second-order valence-corrected chi connectivity index (χ2v) is 9.87. The van der Waals surface area contributed by atoms with E-state index < -0.39 is 0 Å². The second-order valence-electron chi connectivity index (χ2n) is 9.87. The molecule has 1 fully saturated rings. The zero-order valence-corrected chi connectivity index (χ0v) is 20.9. The number of fused-ring (bicyclic) bond motifs is 4. The van der Waals surface area contributed by atoms with E-state index in [4.69, 9.17) is 9.72 Å². The molecule has 35 heavy (non-hydrogen) atoms. The number of aromatic nitrogens is 1. The zero-order chi connectivity index (χ0) is 23.9. The first kappa shape index (κ1) is 22.1. The molecule has 3 aromatic rings. The Morgan fingerprint density at radius 2 is 1.86 bits per heavy atom. The third-order valence-electron chi connectivity index (χ3n) is 7.56. The SMILES string of the molecule is CC1=CCN=C2COc3c(CCN4CCN(c5cccc6nc(C)ccc56)C[C@@H]4C)cccc3N12. The number of allylic oxidation sites excluding steroid dienone is 1. The van der Waals surface area contributed by atoms with Crippen LogP contribution in [-0.4, -0.2) is 61.1 Å². The predicted octanol–water partition coefficient (Wildman–Crippen LogP) is 4.81. The monoisotopic (exact) mass is 467 g/mol. The minimum Gasteiger partial charge on any atom is -0.483 e. The molecule has 0 N–H and O–H groups in total. The van der Waals surface area contributed by atoms with Crippen molar-refractivity contribution in [1.82, 2.24) is 9.88 Å². The van der Waals surface area contributed by atoms with E-state index in [2.05, 4.69) is 95.1 Å². The van der Waals surface area contributed by atoms with Gasteiger partial charge < -0.3 is 9.64 Å². The molecule has 3 aliphatic rings. The van der Waals surface area contributed by atoms with Crippen molar-refractivity contribution < 1.29 is 4.74 Å². The van der Waals surface area contributed by atoms with Gasteiger partial charge in [-0.3, -0.25) is 19.8 Å². The Kier molecular flexibility index (Phi) is 5.69. The van der Waals surface area contributed by atoms with Crippen molar-refractivity contribution >= 4 is 28.1 Å². The minimum absolute atomic E-state index is 0.476. The molecule has 0 bridgehead atoms. The molecule has 0 radical (unpaired) electrons. The molecule has 180 valence electrons. The van der Waals surface area contributed by atoms with E-state index in [0.29, 0.717) is 12.6 Å².